The molecule has 0 fully saturated rings. The van der Waals surface area contributed by atoms with Crippen LogP contribution in [0.1, 0.15) is 20.8 Å². The first kappa shape index (κ1) is 7.38. The predicted molar refractivity (Wildman–Crippen MR) is 42.7 cm³/mol. The largest absolute Gasteiger partial charge is 0.338 e. The highest BCUT2D eigenvalue weighted by Crippen LogP contribution is 2.23. The molecule has 3 nitrogen and oxygen atoms in total. The Kier molecular flexibility index (Phi) is 1.38. The second kappa shape index (κ2) is 1.87. The standard InChI is InChI=1S/C7H15N3/c1-6-8-10(5)7(2,3)9(6)4/h1-5H3. The minimum atomic E-state index is 0.0457. The van der Waals surface area contributed by atoms with Crippen molar-refractivity contribution in [3.63, 3.8) is 0 Å². The number of amidine groups is 1. The first-order chi connectivity index (χ1) is 4.46. The number of nitrogens with zero attached hydrogens (tertiary/aromatic N) is 3. The minimum absolute atomic E-state index is 0.0457. The van der Waals surface area contributed by atoms with Gasteiger partial charge < -0.3 is 4.90 Å². The highest BCUT2D eigenvalue weighted by Gasteiger charge is 2.33. The molecule has 0 amide bonds. The van der Waals surface area contributed by atoms with Crippen LogP contribution in [-0.2, 0) is 0 Å². The second-order valence-corrected chi connectivity index (χ2v) is 3.22. The lowest BCUT2D eigenvalue weighted by Crippen LogP contribution is -2.46. The van der Waals surface area contributed by atoms with Crippen LogP contribution in [0.3, 0.4) is 0 Å². The third kappa shape index (κ3) is 0.770. The lowest BCUT2D eigenvalue weighted by molar-refractivity contribution is 0.0850. The van der Waals surface area contributed by atoms with Gasteiger partial charge in [0.05, 0.1) is 0 Å². The van der Waals surface area contributed by atoms with E-state index in [4.69, 9.17) is 0 Å². The molecule has 3 heteroatoms. The monoisotopic (exact) mass is 141 g/mol. The van der Waals surface area contributed by atoms with Gasteiger partial charge in [0.25, 0.3) is 0 Å². The van der Waals surface area contributed by atoms with Crippen molar-refractivity contribution in [1.29, 1.82) is 0 Å². The average Bonchev–Trinajstić information content (AvgIpc) is 1.97. The summed E-state index contributed by atoms with van der Waals surface area (Å²) in [6, 6.07) is 0. The average molecular weight is 141 g/mol. The Labute approximate surface area is 62.3 Å². The van der Waals surface area contributed by atoms with Gasteiger partial charge in [-0.05, 0) is 20.8 Å². The van der Waals surface area contributed by atoms with Crippen LogP contribution in [-0.4, -0.2) is 35.5 Å². The summed E-state index contributed by atoms with van der Waals surface area (Å²) in [5, 5.41) is 6.27. The molecular weight excluding hydrogens is 126 g/mol. The van der Waals surface area contributed by atoms with Crippen LogP contribution >= 0.6 is 0 Å². The van der Waals surface area contributed by atoms with Gasteiger partial charge in [0.1, 0.15) is 11.5 Å². The highest BCUT2D eigenvalue weighted by molar-refractivity contribution is 5.81. The van der Waals surface area contributed by atoms with E-state index in [0.29, 0.717) is 0 Å². The lowest BCUT2D eigenvalue weighted by atomic mass is 10.2. The van der Waals surface area contributed by atoms with Gasteiger partial charge in [-0.15, -0.1) is 0 Å². The lowest BCUT2D eigenvalue weighted by Gasteiger charge is -2.34. The van der Waals surface area contributed by atoms with Crippen LogP contribution in [0.15, 0.2) is 5.10 Å². The Morgan fingerprint density at radius 2 is 1.80 bits per heavy atom. The van der Waals surface area contributed by atoms with Gasteiger partial charge in [-0.25, -0.2) is 0 Å². The fourth-order valence-corrected chi connectivity index (χ4v) is 1.02. The Morgan fingerprint density at radius 1 is 1.30 bits per heavy atom. The smallest absolute Gasteiger partial charge is 0.124 e. The molecule has 10 heavy (non-hydrogen) atoms. The maximum absolute atomic E-state index is 4.30. The Balaban J connectivity index is 2.87. The first-order valence-electron chi connectivity index (χ1n) is 3.49. The van der Waals surface area contributed by atoms with E-state index in [1.807, 2.05) is 19.0 Å². The molecule has 1 rings (SSSR count). The molecule has 0 radical (unpaired) electrons. The molecule has 0 bridgehead atoms. The van der Waals surface area contributed by atoms with Crippen molar-refractivity contribution in [3.05, 3.63) is 0 Å². The van der Waals surface area contributed by atoms with Gasteiger partial charge in [-0.2, -0.15) is 5.10 Å². The van der Waals surface area contributed by atoms with Gasteiger partial charge in [0.2, 0.25) is 0 Å². The molecule has 0 spiro atoms. The van der Waals surface area contributed by atoms with Crippen molar-refractivity contribution in [2.45, 2.75) is 26.4 Å². The zero-order chi connectivity index (χ0) is 7.94. The Hall–Kier alpha value is -0.730. The first-order valence-corrected chi connectivity index (χ1v) is 3.49. The maximum Gasteiger partial charge on any atom is 0.124 e. The van der Waals surface area contributed by atoms with Crippen molar-refractivity contribution >= 4 is 5.84 Å². The van der Waals surface area contributed by atoms with E-state index in [1.54, 1.807) is 0 Å². The molecule has 0 aromatic carbocycles. The van der Waals surface area contributed by atoms with E-state index in [9.17, 15) is 0 Å². The molecule has 1 aliphatic rings. The topological polar surface area (TPSA) is 18.8 Å². The van der Waals surface area contributed by atoms with E-state index < -0.39 is 0 Å². The zero-order valence-corrected chi connectivity index (χ0v) is 7.34. The third-order valence-corrected chi connectivity index (χ3v) is 2.39. The van der Waals surface area contributed by atoms with Crippen LogP contribution < -0.4 is 0 Å². The van der Waals surface area contributed by atoms with Gasteiger partial charge >= 0.3 is 0 Å². The molecule has 58 valence electrons. The van der Waals surface area contributed by atoms with E-state index in [-0.39, 0.29) is 5.66 Å². The normalized spacial score (nSPS) is 23.5. The molecule has 1 aliphatic heterocycles. The van der Waals surface area contributed by atoms with E-state index >= 15 is 0 Å². The molecular formula is C7H15N3. The summed E-state index contributed by atoms with van der Waals surface area (Å²) in [6.45, 7) is 6.31. The third-order valence-electron chi connectivity index (χ3n) is 2.39. The summed E-state index contributed by atoms with van der Waals surface area (Å²) in [7, 11) is 4.05. The summed E-state index contributed by atoms with van der Waals surface area (Å²) in [5.41, 5.74) is 0.0457. The Morgan fingerprint density at radius 3 is 1.90 bits per heavy atom. The number of hydrogen-bond donors (Lipinski definition) is 0. The quantitative estimate of drug-likeness (QED) is 0.500. The predicted octanol–water partition coefficient (Wildman–Crippen LogP) is 0.933. The minimum Gasteiger partial charge on any atom is -0.338 e. The van der Waals surface area contributed by atoms with Crippen LogP contribution in [0, 0.1) is 0 Å². The molecule has 0 N–H and O–H groups in total. The summed E-state index contributed by atoms with van der Waals surface area (Å²) in [5.74, 6) is 1.08. The molecule has 0 atom stereocenters. The maximum atomic E-state index is 4.30. The molecule has 0 saturated carbocycles. The second-order valence-electron chi connectivity index (χ2n) is 3.22. The van der Waals surface area contributed by atoms with Crippen molar-refractivity contribution in [2.75, 3.05) is 14.1 Å². The van der Waals surface area contributed by atoms with Crippen molar-refractivity contribution < 1.29 is 0 Å². The fraction of sp³-hybridized carbons (Fsp3) is 0.857. The SMILES string of the molecule is CC1=NN(C)C(C)(C)N1C. The highest BCUT2D eigenvalue weighted by atomic mass is 15.6. The molecule has 0 unspecified atom stereocenters. The van der Waals surface area contributed by atoms with Gasteiger partial charge in [-0.1, -0.05) is 0 Å². The summed E-state index contributed by atoms with van der Waals surface area (Å²) in [4.78, 5) is 2.16. The number of hydrogen-bond acceptors (Lipinski definition) is 3. The number of rotatable bonds is 0. The van der Waals surface area contributed by atoms with Crippen LogP contribution in [0.25, 0.3) is 0 Å². The van der Waals surface area contributed by atoms with Crippen molar-refractivity contribution in [3.8, 4) is 0 Å². The zero-order valence-electron chi connectivity index (χ0n) is 7.34. The molecule has 1 heterocycles. The van der Waals surface area contributed by atoms with Gasteiger partial charge in [0.15, 0.2) is 0 Å². The molecule has 0 aromatic heterocycles. The molecule has 0 saturated heterocycles. The van der Waals surface area contributed by atoms with Crippen LogP contribution in [0.2, 0.25) is 0 Å². The van der Waals surface area contributed by atoms with Crippen LogP contribution in [0.4, 0.5) is 0 Å². The summed E-state index contributed by atoms with van der Waals surface area (Å²) < 4.78 is 0. The van der Waals surface area contributed by atoms with Gasteiger partial charge in [-0.3, -0.25) is 5.01 Å². The van der Waals surface area contributed by atoms with Crippen molar-refractivity contribution in [1.82, 2.24) is 9.91 Å². The fourth-order valence-electron chi connectivity index (χ4n) is 1.02. The van der Waals surface area contributed by atoms with Gasteiger partial charge in [0, 0.05) is 14.1 Å². The van der Waals surface area contributed by atoms with Crippen molar-refractivity contribution in [2.24, 2.45) is 5.10 Å². The summed E-state index contributed by atoms with van der Waals surface area (Å²) >= 11 is 0. The van der Waals surface area contributed by atoms with E-state index in [2.05, 4.69) is 30.9 Å². The van der Waals surface area contributed by atoms with E-state index in [1.165, 1.54) is 0 Å². The summed E-state index contributed by atoms with van der Waals surface area (Å²) in [6.07, 6.45) is 0. The Bertz CT molecular complexity index is 172. The molecule has 0 aliphatic carbocycles. The number of hydrazone groups is 1. The van der Waals surface area contributed by atoms with E-state index in [0.717, 1.165) is 5.84 Å². The van der Waals surface area contributed by atoms with Crippen LogP contribution in [0.5, 0.6) is 0 Å². The molecule has 0 aromatic rings.